The second-order valence-electron chi connectivity index (χ2n) is 4.88. The van der Waals surface area contributed by atoms with Crippen LogP contribution in [0.2, 0.25) is 0 Å². The Hall–Kier alpha value is -1.36. The summed E-state index contributed by atoms with van der Waals surface area (Å²) in [5, 5.41) is 4.13. The van der Waals surface area contributed by atoms with E-state index in [0.717, 1.165) is 44.3 Å². The normalized spacial score (nSPS) is 10.7. The maximum absolute atomic E-state index is 12.1. The molecule has 5 nitrogen and oxygen atoms in total. The molecule has 19 heavy (non-hydrogen) atoms. The lowest BCUT2D eigenvalue weighted by Crippen LogP contribution is -2.29. The van der Waals surface area contributed by atoms with Gasteiger partial charge in [0.05, 0.1) is 6.20 Å². The van der Waals surface area contributed by atoms with Crippen LogP contribution in [0.15, 0.2) is 12.4 Å². The fourth-order valence-electron chi connectivity index (χ4n) is 2.08. The van der Waals surface area contributed by atoms with Gasteiger partial charge in [-0.05, 0) is 26.3 Å². The molecule has 1 rings (SSSR count). The van der Waals surface area contributed by atoms with Crippen LogP contribution >= 0.6 is 0 Å². The average molecular weight is 266 g/mol. The zero-order valence-corrected chi connectivity index (χ0v) is 12.1. The minimum atomic E-state index is 0.235. The van der Waals surface area contributed by atoms with E-state index in [9.17, 15) is 4.79 Å². The van der Waals surface area contributed by atoms with Crippen LogP contribution in [0.25, 0.3) is 0 Å². The van der Waals surface area contributed by atoms with Gasteiger partial charge in [0, 0.05) is 38.3 Å². The summed E-state index contributed by atoms with van der Waals surface area (Å²) >= 11 is 0. The molecule has 0 bridgehead atoms. The average Bonchev–Trinajstić information content (AvgIpc) is 2.81. The van der Waals surface area contributed by atoms with E-state index in [1.807, 2.05) is 31.3 Å². The summed E-state index contributed by atoms with van der Waals surface area (Å²) in [7, 11) is 1.89. The number of aromatic nitrogens is 2. The number of nitrogens with zero attached hydrogens (tertiary/aromatic N) is 3. The quantitative estimate of drug-likeness (QED) is 0.692. The van der Waals surface area contributed by atoms with Crippen molar-refractivity contribution >= 4 is 5.91 Å². The molecule has 0 radical (unpaired) electrons. The van der Waals surface area contributed by atoms with E-state index >= 15 is 0 Å². The Morgan fingerprint density at radius 3 is 2.68 bits per heavy atom. The zero-order valence-electron chi connectivity index (χ0n) is 12.1. The molecule has 108 valence electrons. The van der Waals surface area contributed by atoms with E-state index in [1.165, 1.54) is 0 Å². The predicted molar refractivity (Wildman–Crippen MR) is 76.4 cm³/mol. The first kappa shape index (κ1) is 15.7. The van der Waals surface area contributed by atoms with Crippen LogP contribution in [-0.2, 0) is 18.4 Å². The number of hydrogen-bond acceptors (Lipinski definition) is 3. The highest BCUT2D eigenvalue weighted by atomic mass is 16.2. The third-order valence-corrected chi connectivity index (χ3v) is 3.21. The van der Waals surface area contributed by atoms with Crippen LogP contribution in [-0.4, -0.2) is 33.7 Å². The number of carbonyl (C=O) groups excluding carboxylic acids is 1. The highest BCUT2D eigenvalue weighted by molar-refractivity contribution is 5.76. The van der Waals surface area contributed by atoms with Crippen LogP contribution in [0.5, 0.6) is 0 Å². The number of aryl methyl sites for hydroxylation is 1. The topological polar surface area (TPSA) is 64.2 Å². The first-order valence-electron chi connectivity index (χ1n) is 7.12. The standard InChI is InChI=1S/C14H26N4O/c1-3-18(12-13-10-16-17(2)11-13)14(19)8-6-4-5-7-9-15/h10-11H,3-9,12,15H2,1-2H3. The molecule has 0 aliphatic heterocycles. The third kappa shape index (κ3) is 5.87. The lowest BCUT2D eigenvalue weighted by molar-refractivity contribution is -0.131. The lowest BCUT2D eigenvalue weighted by atomic mass is 10.1. The summed E-state index contributed by atoms with van der Waals surface area (Å²) in [6.45, 7) is 4.17. The van der Waals surface area contributed by atoms with Crippen molar-refractivity contribution < 1.29 is 4.79 Å². The van der Waals surface area contributed by atoms with Gasteiger partial charge in [0.25, 0.3) is 0 Å². The second kappa shape index (κ2) is 8.69. The van der Waals surface area contributed by atoms with Crippen LogP contribution in [0.4, 0.5) is 0 Å². The van der Waals surface area contributed by atoms with E-state index < -0.39 is 0 Å². The second-order valence-corrected chi connectivity index (χ2v) is 4.88. The summed E-state index contributed by atoms with van der Waals surface area (Å²) in [6.07, 6.45) is 8.64. The van der Waals surface area contributed by atoms with Crippen molar-refractivity contribution in [2.24, 2.45) is 12.8 Å². The van der Waals surface area contributed by atoms with Crippen molar-refractivity contribution in [3.05, 3.63) is 18.0 Å². The Morgan fingerprint density at radius 2 is 2.11 bits per heavy atom. The molecule has 0 spiro atoms. The molecular formula is C14H26N4O. The lowest BCUT2D eigenvalue weighted by Gasteiger charge is -2.20. The summed E-state index contributed by atoms with van der Waals surface area (Å²) in [4.78, 5) is 14.0. The van der Waals surface area contributed by atoms with E-state index in [0.29, 0.717) is 13.0 Å². The molecule has 0 unspecified atom stereocenters. The molecule has 0 aliphatic rings. The number of carbonyl (C=O) groups is 1. The molecule has 5 heteroatoms. The smallest absolute Gasteiger partial charge is 0.222 e. The molecule has 0 aliphatic carbocycles. The highest BCUT2D eigenvalue weighted by Gasteiger charge is 2.12. The van der Waals surface area contributed by atoms with Gasteiger partial charge in [-0.2, -0.15) is 5.10 Å². The van der Waals surface area contributed by atoms with Crippen LogP contribution < -0.4 is 5.73 Å². The van der Waals surface area contributed by atoms with Crippen molar-refractivity contribution in [3.63, 3.8) is 0 Å². The Kier molecular flexibility index (Phi) is 7.18. The van der Waals surface area contributed by atoms with E-state index in [4.69, 9.17) is 5.73 Å². The van der Waals surface area contributed by atoms with Gasteiger partial charge in [-0.15, -0.1) is 0 Å². The molecule has 2 N–H and O–H groups in total. The van der Waals surface area contributed by atoms with E-state index in [-0.39, 0.29) is 5.91 Å². The van der Waals surface area contributed by atoms with Gasteiger partial charge in [0.1, 0.15) is 0 Å². The van der Waals surface area contributed by atoms with Gasteiger partial charge in [-0.1, -0.05) is 12.8 Å². The van der Waals surface area contributed by atoms with Gasteiger partial charge >= 0.3 is 0 Å². The Morgan fingerprint density at radius 1 is 1.37 bits per heavy atom. The summed E-state index contributed by atoms with van der Waals surface area (Å²) in [5.74, 6) is 0.235. The van der Waals surface area contributed by atoms with Gasteiger partial charge in [-0.3, -0.25) is 9.48 Å². The minimum Gasteiger partial charge on any atom is -0.339 e. The first-order valence-corrected chi connectivity index (χ1v) is 7.12. The minimum absolute atomic E-state index is 0.235. The van der Waals surface area contributed by atoms with Gasteiger partial charge in [0.15, 0.2) is 0 Å². The molecule has 1 amide bonds. The largest absolute Gasteiger partial charge is 0.339 e. The van der Waals surface area contributed by atoms with E-state index in [2.05, 4.69) is 5.10 Å². The number of hydrogen-bond donors (Lipinski definition) is 1. The van der Waals surface area contributed by atoms with Crippen LogP contribution in [0, 0.1) is 0 Å². The Bertz CT molecular complexity index is 375. The number of unbranched alkanes of at least 4 members (excludes halogenated alkanes) is 3. The molecule has 1 aromatic rings. The molecule has 0 aromatic carbocycles. The van der Waals surface area contributed by atoms with Gasteiger partial charge < -0.3 is 10.6 Å². The fourth-order valence-corrected chi connectivity index (χ4v) is 2.08. The van der Waals surface area contributed by atoms with Crippen molar-refractivity contribution in [3.8, 4) is 0 Å². The number of amides is 1. The molecule has 1 aromatic heterocycles. The summed E-state index contributed by atoms with van der Waals surface area (Å²) in [5.41, 5.74) is 6.53. The van der Waals surface area contributed by atoms with Crippen molar-refractivity contribution in [1.29, 1.82) is 0 Å². The molecular weight excluding hydrogens is 240 g/mol. The predicted octanol–water partition coefficient (Wildman–Crippen LogP) is 1.68. The summed E-state index contributed by atoms with van der Waals surface area (Å²) in [6, 6.07) is 0. The molecule has 0 saturated heterocycles. The monoisotopic (exact) mass is 266 g/mol. The maximum atomic E-state index is 12.1. The van der Waals surface area contributed by atoms with Crippen molar-refractivity contribution in [2.75, 3.05) is 13.1 Å². The Labute approximate surface area is 115 Å². The SMILES string of the molecule is CCN(Cc1cnn(C)c1)C(=O)CCCCCCN. The number of rotatable bonds is 9. The molecule has 1 heterocycles. The Balaban J connectivity index is 2.31. The van der Waals surface area contributed by atoms with Crippen molar-refractivity contribution in [1.82, 2.24) is 14.7 Å². The van der Waals surface area contributed by atoms with E-state index in [1.54, 1.807) is 4.68 Å². The highest BCUT2D eigenvalue weighted by Crippen LogP contribution is 2.08. The maximum Gasteiger partial charge on any atom is 0.222 e. The first-order chi connectivity index (χ1) is 9.17. The molecule has 0 fully saturated rings. The third-order valence-electron chi connectivity index (χ3n) is 3.21. The van der Waals surface area contributed by atoms with Crippen LogP contribution in [0.1, 0.15) is 44.6 Å². The van der Waals surface area contributed by atoms with Gasteiger partial charge in [-0.25, -0.2) is 0 Å². The molecule has 0 saturated carbocycles. The molecule has 0 atom stereocenters. The zero-order chi connectivity index (χ0) is 14.1. The van der Waals surface area contributed by atoms with Gasteiger partial charge in [0.2, 0.25) is 5.91 Å². The van der Waals surface area contributed by atoms with Crippen LogP contribution in [0.3, 0.4) is 0 Å². The summed E-state index contributed by atoms with van der Waals surface area (Å²) < 4.78 is 1.76. The van der Waals surface area contributed by atoms with Crippen molar-refractivity contribution in [2.45, 2.75) is 45.6 Å². The fraction of sp³-hybridized carbons (Fsp3) is 0.714. The number of nitrogens with two attached hydrogens (primary N) is 1.